The molecule has 4 heterocycles. The third kappa shape index (κ3) is 3.68. The summed E-state index contributed by atoms with van der Waals surface area (Å²) >= 11 is 0. The van der Waals surface area contributed by atoms with Gasteiger partial charge in [0, 0.05) is 31.0 Å². The highest BCUT2D eigenvalue weighted by molar-refractivity contribution is 5.95. The maximum atomic E-state index is 13.7. The number of anilines is 1. The summed E-state index contributed by atoms with van der Waals surface area (Å²) in [5.41, 5.74) is 11.4. The molecule has 0 spiro atoms. The lowest BCUT2D eigenvalue weighted by molar-refractivity contribution is 0.0925. The van der Waals surface area contributed by atoms with E-state index in [1.807, 2.05) is 29.8 Å². The Morgan fingerprint density at radius 2 is 1.97 bits per heavy atom. The molecule has 1 aliphatic heterocycles. The monoisotopic (exact) mass is 471 g/mol. The fourth-order valence-corrected chi connectivity index (χ4v) is 4.44. The van der Waals surface area contributed by atoms with Gasteiger partial charge in [-0.1, -0.05) is 6.07 Å². The molecule has 1 atom stereocenters. The number of aryl methyl sites for hydroxylation is 1. The van der Waals surface area contributed by atoms with Crippen LogP contribution in [0.4, 0.5) is 10.2 Å². The summed E-state index contributed by atoms with van der Waals surface area (Å²) in [7, 11) is 1.92. The molecule has 6 rings (SSSR count). The average molecular weight is 471 g/mol. The first kappa shape index (κ1) is 21.2. The van der Waals surface area contributed by atoms with Gasteiger partial charge in [-0.2, -0.15) is 0 Å². The second kappa shape index (κ2) is 8.17. The van der Waals surface area contributed by atoms with Crippen LogP contribution in [0.5, 0.6) is 0 Å². The van der Waals surface area contributed by atoms with Gasteiger partial charge in [0.25, 0.3) is 5.91 Å². The van der Waals surface area contributed by atoms with Crippen molar-refractivity contribution < 1.29 is 13.9 Å². The quantitative estimate of drug-likeness (QED) is 0.416. The zero-order chi connectivity index (χ0) is 24.1. The van der Waals surface area contributed by atoms with Crippen molar-refractivity contribution in [3.05, 3.63) is 66.5 Å². The Labute approximate surface area is 199 Å². The van der Waals surface area contributed by atoms with Crippen molar-refractivity contribution >= 4 is 28.4 Å². The Balaban J connectivity index is 1.57. The van der Waals surface area contributed by atoms with Gasteiger partial charge >= 0.3 is 0 Å². The Morgan fingerprint density at radius 1 is 1.17 bits per heavy atom. The maximum Gasteiger partial charge on any atom is 0.271 e. The van der Waals surface area contributed by atoms with Crippen molar-refractivity contribution in [3.8, 4) is 22.5 Å². The first-order chi connectivity index (χ1) is 17.0. The van der Waals surface area contributed by atoms with Crippen LogP contribution >= 0.6 is 0 Å². The van der Waals surface area contributed by atoms with Gasteiger partial charge in [0.1, 0.15) is 11.5 Å². The lowest BCUT2D eigenvalue weighted by Crippen LogP contribution is -2.35. The SMILES string of the molecule is Cn1cnc2ccc(-c3c(-c4ccc(F)cc4)nc(N)c4nc(C(=O)NC5CCOC5)cn34)cc21. The molecule has 1 unspecified atom stereocenters. The second-order valence-corrected chi connectivity index (χ2v) is 8.61. The molecule has 0 aliphatic carbocycles. The third-order valence-electron chi connectivity index (χ3n) is 6.25. The maximum absolute atomic E-state index is 13.7. The number of benzene rings is 2. The van der Waals surface area contributed by atoms with E-state index in [-0.39, 0.29) is 29.3 Å². The number of hydrogen-bond acceptors (Lipinski definition) is 6. The smallest absolute Gasteiger partial charge is 0.271 e. The Bertz CT molecular complexity index is 1580. The van der Waals surface area contributed by atoms with Crippen molar-refractivity contribution in [2.45, 2.75) is 12.5 Å². The molecule has 0 bridgehead atoms. The minimum absolute atomic E-state index is 0.0516. The van der Waals surface area contributed by atoms with Crippen LogP contribution < -0.4 is 11.1 Å². The first-order valence-electron chi connectivity index (χ1n) is 11.2. The number of halogens is 1. The lowest BCUT2D eigenvalue weighted by Gasteiger charge is -2.14. The number of imidazole rings is 2. The number of aromatic nitrogens is 5. The zero-order valence-corrected chi connectivity index (χ0v) is 18.9. The van der Waals surface area contributed by atoms with Crippen LogP contribution in [0.25, 0.3) is 39.2 Å². The molecule has 3 aromatic heterocycles. The third-order valence-corrected chi connectivity index (χ3v) is 6.25. The number of nitrogen functional groups attached to an aromatic ring is 1. The molecule has 0 radical (unpaired) electrons. The molecule has 10 heteroatoms. The molecule has 1 aliphatic rings. The van der Waals surface area contributed by atoms with E-state index in [1.54, 1.807) is 29.1 Å². The summed E-state index contributed by atoms with van der Waals surface area (Å²) < 4.78 is 22.7. The van der Waals surface area contributed by atoms with Gasteiger partial charge in [-0.15, -0.1) is 0 Å². The standard InChI is InChI=1S/C25H22FN7O2/c1-32-13-28-18-7-4-15(10-20(18)32)22-21(14-2-5-16(26)6-3-14)31-23(27)24-30-19(11-33(22)24)25(34)29-17-8-9-35-12-17/h2-7,10-11,13,17H,8-9,12H2,1H3,(H2,27,31)(H,29,34). The average Bonchev–Trinajstić information content (AvgIpc) is 3.60. The predicted octanol–water partition coefficient (Wildman–Crippen LogP) is 3.19. The van der Waals surface area contributed by atoms with Crippen molar-refractivity contribution in [3.63, 3.8) is 0 Å². The van der Waals surface area contributed by atoms with E-state index in [0.29, 0.717) is 35.8 Å². The lowest BCUT2D eigenvalue weighted by atomic mass is 10.0. The number of ether oxygens (including phenoxy) is 1. The van der Waals surface area contributed by atoms with Crippen molar-refractivity contribution in [2.75, 3.05) is 18.9 Å². The molecule has 1 fully saturated rings. The van der Waals surface area contributed by atoms with Crippen LogP contribution in [0.15, 0.2) is 55.0 Å². The van der Waals surface area contributed by atoms with Gasteiger partial charge in [-0.25, -0.2) is 19.3 Å². The minimum atomic E-state index is -0.349. The number of nitrogens with zero attached hydrogens (tertiary/aromatic N) is 5. The number of nitrogens with two attached hydrogens (primary N) is 1. The van der Waals surface area contributed by atoms with E-state index in [0.717, 1.165) is 23.0 Å². The zero-order valence-electron chi connectivity index (χ0n) is 18.9. The molecular weight excluding hydrogens is 449 g/mol. The van der Waals surface area contributed by atoms with Crippen LogP contribution in [0, 0.1) is 5.82 Å². The summed E-state index contributed by atoms with van der Waals surface area (Å²) in [6, 6.07) is 11.9. The number of nitrogens with one attached hydrogen (secondary N) is 1. The number of carbonyl (C=O) groups is 1. The Hall–Kier alpha value is -4.31. The topological polar surface area (TPSA) is 112 Å². The van der Waals surface area contributed by atoms with Gasteiger partial charge < -0.3 is 20.4 Å². The fraction of sp³-hybridized carbons (Fsp3) is 0.200. The molecule has 176 valence electrons. The van der Waals surface area contributed by atoms with E-state index in [1.165, 1.54) is 12.1 Å². The van der Waals surface area contributed by atoms with Crippen molar-refractivity contribution in [1.29, 1.82) is 0 Å². The van der Waals surface area contributed by atoms with Crippen LogP contribution in [0.2, 0.25) is 0 Å². The molecule has 9 nitrogen and oxygen atoms in total. The number of hydrogen-bond donors (Lipinski definition) is 2. The minimum Gasteiger partial charge on any atom is -0.381 e. The van der Waals surface area contributed by atoms with E-state index >= 15 is 0 Å². The van der Waals surface area contributed by atoms with E-state index in [9.17, 15) is 9.18 Å². The molecule has 35 heavy (non-hydrogen) atoms. The van der Waals surface area contributed by atoms with Gasteiger partial charge in [0.05, 0.1) is 41.4 Å². The van der Waals surface area contributed by atoms with Gasteiger partial charge in [-0.3, -0.25) is 9.20 Å². The molecule has 2 aromatic carbocycles. The van der Waals surface area contributed by atoms with Crippen LogP contribution in [-0.4, -0.2) is 49.1 Å². The summed E-state index contributed by atoms with van der Waals surface area (Å²) in [4.78, 5) is 26.5. The molecule has 5 aromatic rings. The Kier molecular flexibility index (Phi) is 4.96. The van der Waals surface area contributed by atoms with Crippen LogP contribution in [-0.2, 0) is 11.8 Å². The van der Waals surface area contributed by atoms with Crippen molar-refractivity contribution in [1.82, 2.24) is 29.2 Å². The van der Waals surface area contributed by atoms with Gasteiger partial charge in [0.15, 0.2) is 11.5 Å². The van der Waals surface area contributed by atoms with E-state index < -0.39 is 0 Å². The normalized spacial score (nSPS) is 15.8. The van der Waals surface area contributed by atoms with Gasteiger partial charge in [-0.05, 0) is 42.8 Å². The molecule has 3 N–H and O–H groups in total. The highest BCUT2D eigenvalue weighted by atomic mass is 19.1. The number of rotatable bonds is 4. The highest BCUT2D eigenvalue weighted by Crippen LogP contribution is 2.35. The van der Waals surface area contributed by atoms with E-state index in [2.05, 4.69) is 20.3 Å². The summed E-state index contributed by atoms with van der Waals surface area (Å²) in [6.07, 6.45) is 4.17. The number of fused-ring (bicyclic) bond motifs is 2. The highest BCUT2D eigenvalue weighted by Gasteiger charge is 2.24. The molecular formula is C25H22FN7O2. The van der Waals surface area contributed by atoms with Crippen molar-refractivity contribution in [2.24, 2.45) is 7.05 Å². The molecule has 1 saturated heterocycles. The fourth-order valence-electron chi connectivity index (χ4n) is 4.44. The second-order valence-electron chi connectivity index (χ2n) is 8.61. The number of carbonyl (C=O) groups excluding carboxylic acids is 1. The van der Waals surface area contributed by atoms with Crippen LogP contribution in [0.3, 0.4) is 0 Å². The number of amides is 1. The molecule has 1 amide bonds. The van der Waals surface area contributed by atoms with E-state index in [4.69, 9.17) is 10.5 Å². The molecule has 0 saturated carbocycles. The largest absolute Gasteiger partial charge is 0.381 e. The predicted molar refractivity (Wildman–Crippen MR) is 129 cm³/mol. The first-order valence-corrected chi connectivity index (χ1v) is 11.2. The summed E-state index contributed by atoms with van der Waals surface area (Å²) in [6.45, 7) is 1.10. The summed E-state index contributed by atoms with van der Waals surface area (Å²) in [5, 5.41) is 2.96. The van der Waals surface area contributed by atoms with Gasteiger partial charge in [0.2, 0.25) is 0 Å². The van der Waals surface area contributed by atoms with Crippen LogP contribution in [0.1, 0.15) is 16.9 Å². The Morgan fingerprint density at radius 3 is 2.74 bits per heavy atom. The summed E-state index contributed by atoms with van der Waals surface area (Å²) in [5.74, 6) is -0.490.